The SMILES string of the molecule is C=C1C(=O)O[C@H]2[C@H]1C(COC(=O)CCCCC(=O)O)C/C=C\CC[C@@]1(C)O[C@@H]21. The first-order valence-corrected chi connectivity index (χ1v) is 9.92. The molecule has 0 bridgehead atoms. The number of aliphatic carboxylic acids is 1. The molecule has 7 nitrogen and oxygen atoms in total. The molecule has 1 N–H and O–H groups in total. The van der Waals surface area contributed by atoms with Gasteiger partial charge >= 0.3 is 17.9 Å². The van der Waals surface area contributed by atoms with Crippen molar-refractivity contribution >= 4 is 17.9 Å². The highest BCUT2D eigenvalue weighted by molar-refractivity contribution is 5.91. The molecule has 2 aliphatic heterocycles. The molecule has 3 aliphatic rings. The molecule has 1 aliphatic carbocycles. The Morgan fingerprint density at radius 1 is 1.32 bits per heavy atom. The Balaban J connectivity index is 1.62. The quantitative estimate of drug-likeness (QED) is 0.234. The number of carbonyl (C=O) groups is 3. The van der Waals surface area contributed by atoms with Gasteiger partial charge in [0, 0.05) is 30.3 Å². The number of carboxylic acids is 1. The van der Waals surface area contributed by atoms with E-state index in [0.29, 0.717) is 24.8 Å². The third-order valence-electron chi connectivity index (χ3n) is 5.90. The zero-order chi connectivity index (χ0) is 20.3. The maximum atomic E-state index is 12.2. The van der Waals surface area contributed by atoms with E-state index in [2.05, 4.69) is 18.7 Å². The molecule has 0 aromatic carbocycles. The Morgan fingerprint density at radius 2 is 2.07 bits per heavy atom. The minimum absolute atomic E-state index is 0.0455. The molecule has 1 unspecified atom stereocenters. The Morgan fingerprint density at radius 3 is 2.82 bits per heavy atom. The van der Waals surface area contributed by atoms with Crippen LogP contribution >= 0.6 is 0 Å². The Labute approximate surface area is 164 Å². The lowest BCUT2D eigenvalue weighted by Crippen LogP contribution is -2.35. The summed E-state index contributed by atoms with van der Waals surface area (Å²) in [6.45, 7) is 6.13. The number of carbonyl (C=O) groups excluding carboxylic acids is 2. The third kappa shape index (κ3) is 4.63. The first-order valence-electron chi connectivity index (χ1n) is 9.92. The summed E-state index contributed by atoms with van der Waals surface area (Å²) in [5.41, 5.74) is 0.125. The Kier molecular flexibility index (Phi) is 6.23. The van der Waals surface area contributed by atoms with Crippen LogP contribution in [0.1, 0.15) is 51.9 Å². The van der Waals surface area contributed by atoms with Crippen LogP contribution in [0.15, 0.2) is 24.3 Å². The van der Waals surface area contributed by atoms with Gasteiger partial charge in [-0.1, -0.05) is 18.7 Å². The number of carboxylic acid groups (broad SMARTS) is 1. The van der Waals surface area contributed by atoms with Gasteiger partial charge < -0.3 is 19.3 Å². The van der Waals surface area contributed by atoms with Gasteiger partial charge in [0.2, 0.25) is 0 Å². The molecular weight excluding hydrogens is 364 g/mol. The fraction of sp³-hybridized carbons (Fsp3) is 0.667. The highest BCUT2D eigenvalue weighted by Gasteiger charge is 2.62. The number of ether oxygens (including phenoxy) is 3. The predicted molar refractivity (Wildman–Crippen MR) is 99.3 cm³/mol. The van der Waals surface area contributed by atoms with E-state index in [4.69, 9.17) is 19.3 Å². The monoisotopic (exact) mass is 392 g/mol. The van der Waals surface area contributed by atoms with Gasteiger partial charge in [-0.05, 0) is 39.0 Å². The van der Waals surface area contributed by atoms with Crippen molar-refractivity contribution in [3.63, 3.8) is 0 Å². The predicted octanol–water partition coefficient (Wildman–Crippen LogP) is 2.79. The van der Waals surface area contributed by atoms with Crippen LogP contribution in [0.3, 0.4) is 0 Å². The maximum absolute atomic E-state index is 12.2. The molecule has 0 saturated carbocycles. The van der Waals surface area contributed by atoms with Crippen molar-refractivity contribution in [2.45, 2.75) is 69.7 Å². The highest BCUT2D eigenvalue weighted by atomic mass is 16.6. The molecule has 3 rings (SSSR count). The number of epoxide rings is 1. The standard InChI is InChI=1S/C21H28O7/c1-13-17-14(12-26-16(24)10-6-5-9-15(22)23)8-4-3-7-11-21(2)19(28-21)18(17)27-20(13)25/h3-4,14,17-19H,1,5-12H2,2H3,(H,22,23)/b4-3-/t14?,17-,18+,19+,21-/m1/s1. The molecule has 0 amide bonds. The van der Waals surface area contributed by atoms with Gasteiger partial charge in [-0.25, -0.2) is 4.79 Å². The fourth-order valence-electron chi connectivity index (χ4n) is 4.18. The lowest BCUT2D eigenvalue weighted by atomic mass is 9.78. The maximum Gasteiger partial charge on any atom is 0.334 e. The van der Waals surface area contributed by atoms with Crippen molar-refractivity contribution in [3.8, 4) is 0 Å². The van der Waals surface area contributed by atoms with Gasteiger partial charge in [0.1, 0.15) is 12.2 Å². The summed E-state index contributed by atoms with van der Waals surface area (Å²) in [7, 11) is 0. The third-order valence-corrected chi connectivity index (χ3v) is 5.90. The molecule has 154 valence electrons. The Hall–Kier alpha value is -2.15. The fourth-order valence-corrected chi connectivity index (χ4v) is 4.18. The topological polar surface area (TPSA) is 102 Å². The zero-order valence-corrected chi connectivity index (χ0v) is 16.2. The second kappa shape index (κ2) is 8.47. The first kappa shape index (κ1) is 20.6. The van der Waals surface area contributed by atoms with Crippen molar-refractivity contribution < 1.29 is 33.7 Å². The average Bonchev–Trinajstić information content (AvgIpc) is 3.22. The molecule has 0 spiro atoms. The van der Waals surface area contributed by atoms with E-state index < -0.39 is 18.0 Å². The molecule has 0 aromatic rings. The average molecular weight is 392 g/mol. The first-order chi connectivity index (χ1) is 13.3. The van der Waals surface area contributed by atoms with Gasteiger partial charge in [-0.3, -0.25) is 9.59 Å². The smallest absolute Gasteiger partial charge is 0.334 e. The Bertz CT molecular complexity index is 682. The number of fused-ring (bicyclic) bond motifs is 3. The minimum Gasteiger partial charge on any atom is -0.481 e. The summed E-state index contributed by atoms with van der Waals surface area (Å²) in [4.78, 5) is 34.7. The zero-order valence-electron chi connectivity index (χ0n) is 16.2. The summed E-state index contributed by atoms with van der Waals surface area (Å²) in [6.07, 6.45) is 7.18. The number of esters is 2. The van der Waals surface area contributed by atoms with Crippen molar-refractivity contribution in [3.05, 3.63) is 24.3 Å². The molecule has 2 fully saturated rings. The number of hydrogen-bond donors (Lipinski definition) is 1. The highest BCUT2D eigenvalue weighted by Crippen LogP contribution is 2.50. The van der Waals surface area contributed by atoms with Crippen LogP contribution in [0.2, 0.25) is 0 Å². The van der Waals surface area contributed by atoms with Crippen molar-refractivity contribution in [1.29, 1.82) is 0 Å². The molecule has 0 aromatic heterocycles. The van der Waals surface area contributed by atoms with Crippen LogP contribution in [0.4, 0.5) is 0 Å². The molecule has 2 heterocycles. The molecule has 7 heteroatoms. The lowest BCUT2D eigenvalue weighted by molar-refractivity contribution is -0.147. The number of hydrogen-bond acceptors (Lipinski definition) is 6. The molecular formula is C21H28O7. The van der Waals surface area contributed by atoms with E-state index in [0.717, 1.165) is 12.8 Å². The second-order valence-corrected chi connectivity index (χ2v) is 8.06. The van der Waals surface area contributed by atoms with Gasteiger partial charge in [-0.15, -0.1) is 0 Å². The second-order valence-electron chi connectivity index (χ2n) is 8.06. The van der Waals surface area contributed by atoms with Gasteiger partial charge in [0.05, 0.1) is 12.2 Å². The summed E-state index contributed by atoms with van der Waals surface area (Å²) < 4.78 is 16.9. The summed E-state index contributed by atoms with van der Waals surface area (Å²) in [5, 5.41) is 8.64. The molecule has 0 radical (unpaired) electrons. The van der Waals surface area contributed by atoms with E-state index in [9.17, 15) is 14.4 Å². The minimum atomic E-state index is -0.869. The number of allylic oxidation sites excluding steroid dienone is 2. The largest absolute Gasteiger partial charge is 0.481 e. The summed E-state index contributed by atoms with van der Waals surface area (Å²) >= 11 is 0. The van der Waals surface area contributed by atoms with Gasteiger partial charge in [0.15, 0.2) is 0 Å². The normalized spacial score (nSPS) is 35.3. The number of rotatable bonds is 7. The van der Waals surface area contributed by atoms with E-state index in [1.54, 1.807) is 0 Å². The molecule has 2 saturated heterocycles. The van der Waals surface area contributed by atoms with Crippen LogP contribution in [0.5, 0.6) is 0 Å². The van der Waals surface area contributed by atoms with Crippen molar-refractivity contribution in [2.75, 3.05) is 6.61 Å². The van der Waals surface area contributed by atoms with Gasteiger partial charge in [-0.2, -0.15) is 0 Å². The van der Waals surface area contributed by atoms with Crippen LogP contribution in [0.25, 0.3) is 0 Å². The van der Waals surface area contributed by atoms with Crippen LogP contribution in [-0.2, 0) is 28.6 Å². The van der Waals surface area contributed by atoms with E-state index in [-0.39, 0.29) is 49.0 Å². The van der Waals surface area contributed by atoms with Crippen molar-refractivity contribution in [2.24, 2.45) is 11.8 Å². The lowest BCUT2D eigenvalue weighted by Gasteiger charge is -2.26. The summed E-state index contributed by atoms with van der Waals surface area (Å²) in [6, 6.07) is 0. The van der Waals surface area contributed by atoms with Crippen LogP contribution in [0, 0.1) is 11.8 Å². The number of unbranched alkanes of at least 4 members (excludes halogenated alkanes) is 1. The van der Waals surface area contributed by atoms with Gasteiger partial charge in [0.25, 0.3) is 0 Å². The van der Waals surface area contributed by atoms with Crippen molar-refractivity contribution in [1.82, 2.24) is 0 Å². The van der Waals surface area contributed by atoms with E-state index in [1.165, 1.54) is 0 Å². The molecule has 5 atom stereocenters. The van der Waals surface area contributed by atoms with E-state index in [1.807, 2.05) is 6.92 Å². The molecule has 28 heavy (non-hydrogen) atoms. The van der Waals surface area contributed by atoms with E-state index >= 15 is 0 Å². The summed E-state index contributed by atoms with van der Waals surface area (Å²) in [5.74, 6) is -1.99. The van der Waals surface area contributed by atoms with Crippen LogP contribution < -0.4 is 0 Å². The van der Waals surface area contributed by atoms with Crippen LogP contribution in [-0.4, -0.2) is 47.4 Å².